The van der Waals surface area contributed by atoms with E-state index in [2.05, 4.69) is 34.6 Å². The minimum Gasteiger partial charge on any atom is -0.462 e. The van der Waals surface area contributed by atoms with Gasteiger partial charge in [0.15, 0.2) is 0 Å². The molecule has 0 aliphatic heterocycles. The van der Waals surface area contributed by atoms with Gasteiger partial charge in [-0.2, -0.15) is 13.2 Å². The lowest BCUT2D eigenvalue weighted by Crippen LogP contribution is -2.58. The number of rotatable bonds is 5. The Labute approximate surface area is 214 Å². The Bertz CT molecular complexity index is 942. The van der Waals surface area contributed by atoms with Gasteiger partial charge in [-0.05, 0) is 110 Å². The zero-order chi connectivity index (χ0) is 26.5. The first-order valence-electron chi connectivity index (χ1n) is 14.3. The molecular weight excluding hydrogens is 465 g/mol. The van der Waals surface area contributed by atoms with Crippen LogP contribution in [0.5, 0.6) is 0 Å². The zero-order valence-corrected chi connectivity index (χ0v) is 23.0. The van der Waals surface area contributed by atoms with Crippen molar-refractivity contribution in [3.8, 4) is 0 Å². The summed E-state index contributed by atoms with van der Waals surface area (Å²) in [5.41, 5.74) is 1.04. The van der Waals surface area contributed by atoms with Crippen LogP contribution in [0.15, 0.2) is 0 Å². The molecule has 0 aromatic rings. The van der Waals surface area contributed by atoms with Crippen molar-refractivity contribution in [1.82, 2.24) is 0 Å². The molecule has 3 nitrogen and oxygen atoms in total. The van der Waals surface area contributed by atoms with E-state index in [-0.39, 0.29) is 40.7 Å². The van der Waals surface area contributed by atoms with E-state index >= 15 is 0 Å². The molecule has 204 valence electrons. The molecule has 0 bridgehead atoms. The average Bonchev–Trinajstić information content (AvgIpc) is 3.35. The van der Waals surface area contributed by atoms with Crippen LogP contribution in [0.4, 0.5) is 13.2 Å². The summed E-state index contributed by atoms with van der Waals surface area (Å²) in [6.45, 7) is 13.2. The normalized spacial score (nSPS) is 47.6. The molecule has 9 atom stereocenters. The van der Waals surface area contributed by atoms with Gasteiger partial charge >= 0.3 is 12.1 Å². The Morgan fingerprint density at radius 3 is 2.17 bits per heavy atom. The second kappa shape index (κ2) is 7.97. The molecule has 0 radical (unpaired) electrons. The van der Waals surface area contributed by atoms with E-state index < -0.39 is 12.0 Å². The van der Waals surface area contributed by atoms with Crippen LogP contribution in [0.25, 0.3) is 0 Å². The van der Waals surface area contributed by atoms with E-state index in [1.807, 2.05) is 0 Å². The Morgan fingerprint density at radius 1 is 0.889 bits per heavy atom. The molecule has 5 aliphatic carbocycles. The van der Waals surface area contributed by atoms with Crippen molar-refractivity contribution in [3.05, 3.63) is 0 Å². The van der Waals surface area contributed by atoms with E-state index in [1.54, 1.807) is 0 Å². The van der Waals surface area contributed by atoms with Crippen molar-refractivity contribution >= 4 is 11.8 Å². The van der Waals surface area contributed by atoms with Crippen LogP contribution in [0.1, 0.15) is 112 Å². The van der Waals surface area contributed by atoms with E-state index in [0.29, 0.717) is 35.0 Å². The topological polar surface area (TPSA) is 43.4 Å². The molecule has 6 heteroatoms. The molecule has 0 amide bonds. The van der Waals surface area contributed by atoms with Crippen LogP contribution < -0.4 is 0 Å². The van der Waals surface area contributed by atoms with Crippen LogP contribution in [0.2, 0.25) is 0 Å². The first kappa shape index (κ1) is 26.5. The summed E-state index contributed by atoms with van der Waals surface area (Å²) in [6.07, 6.45) is 5.63. The van der Waals surface area contributed by atoms with Crippen LogP contribution in [0, 0.1) is 50.7 Å². The van der Waals surface area contributed by atoms with Gasteiger partial charge in [-0.3, -0.25) is 9.59 Å². The summed E-state index contributed by atoms with van der Waals surface area (Å²) in [4.78, 5) is 23.4. The largest absolute Gasteiger partial charge is 0.462 e. The first-order chi connectivity index (χ1) is 16.6. The minimum atomic E-state index is -4.72. The number of hydrogen-bond donors (Lipinski definition) is 0. The lowest BCUT2D eigenvalue weighted by Gasteiger charge is -2.63. The van der Waals surface area contributed by atoms with Gasteiger partial charge in [-0.1, -0.05) is 34.6 Å². The lowest BCUT2D eigenvalue weighted by molar-refractivity contribution is -0.181. The standard InChI is InChI=1S/C30H45F3O3/c1-18(7-10-23(35)30(31,32)33)20-11-13-27(6)22-9-8-21-25(3,4)24(36-19(2)34)12-14-28(21)17-29(22,28)16-15-26(20,27)5/h18,20-22,24H,7-17H2,1-6H3/t18-,20-,21+,22?,24?,26?,27+,28-,29+/m1/s1. The average molecular weight is 511 g/mol. The second-order valence-electron chi connectivity index (χ2n) is 14.5. The third-order valence-electron chi connectivity index (χ3n) is 13.3. The molecule has 5 aliphatic rings. The monoisotopic (exact) mass is 510 g/mol. The number of carbonyl (C=O) groups excluding carboxylic acids is 2. The molecule has 5 fully saturated rings. The molecule has 2 spiro atoms. The van der Waals surface area contributed by atoms with Crippen molar-refractivity contribution in [2.24, 2.45) is 50.7 Å². The molecule has 36 heavy (non-hydrogen) atoms. The van der Waals surface area contributed by atoms with Gasteiger partial charge in [0.2, 0.25) is 5.78 Å². The van der Waals surface area contributed by atoms with Gasteiger partial charge in [0.1, 0.15) is 6.10 Å². The number of hydrogen-bond acceptors (Lipinski definition) is 3. The van der Waals surface area contributed by atoms with Gasteiger partial charge in [0.05, 0.1) is 0 Å². The summed E-state index contributed by atoms with van der Waals surface area (Å²) in [5, 5.41) is 0. The maximum absolute atomic E-state index is 12.8. The van der Waals surface area contributed by atoms with E-state index in [4.69, 9.17) is 4.74 Å². The van der Waals surface area contributed by atoms with Gasteiger partial charge in [-0.25, -0.2) is 0 Å². The van der Waals surface area contributed by atoms with Crippen LogP contribution >= 0.6 is 0 Å². The molecular formula is C30H45F3O3. The number of esters is 1. The number of carbonyl (C=O) groups is 2. The number of halogens is 3. The quantitative estimate of drug-likeness (QED) is 0.353. The molecule has 0 saturated heterocycles. The smallest absolute Gasteiger partial charge is 0.449 e. The van der Waals surface area contributed by atoms with Crippen molar-refractivity contribution in [3.63, 3.8) is 0 Å². The molecule has 0 aromatic carbocycles. The number of fused-ring (bicyclic) bond motifs is 2. The fourth-order valence-electron chi connectivity index (χ4n) is 11.4. The highest BCUT2D eigenvalue weighted by molar-refractivity contribution is 5.83. The highest BCUT2D eigenvalue weighted by Crippen LogP contribution is 2.89. The van der Waals surface area contributed by atoms with Crippen LogP contribution in [-0.2, 0) is 14.3 Å². The van der Waals surface area contributed by atoms with Crippen LogP contribution in [0.3, 0.4) is 0 Å². The maximum atomic E-state index is 12.8. The number of alkyl halides is 3. The Balaban J connectivity index is 1.36. The second-order valence-corrected chi connectivity index (χ2v) is 14.5. The Morgan fingerprint density at radius 2 is 1.53 bits per heavy atom. The van der Waals surface area contributed by atoms with E-state index in [0.717, 1.165) is 32.1 Å². The summed E-state index contributed by atoms with van der Waals surface area (Å²) < 4.78 is 44.3. The van der Waals surface area contributed by atoms with Gasteiger partial charge in [0.25, 0.3) is 0 Å². The zero-order valence-electron chi connectivity index (χ0n) is 23.0. The molecule has 3 unspecified atom stereocenters. The fraction of sp³-hybridized carbons (Fsp3) is 0.933. The highest BCUT2D eigenvalue weighted by Gasteiger charge is 2.82. The summed E-state index contributed by atoms with van der Waals surface area (Å²) >= 11 is 0. The van der Waals surface area contributed by atoms with Gasteiger partial charge in [0, 0.05) is 18.8 Å². The molecule has 5 saturated carbocycles. The van der Waals surface area contributed by atoms with Crippen molar-refractivity contribution < 1.29 is 27.5 Å². The lowest BCUT2D eigenvalue weighted by atomic mass is 9.41. The summed E-state index contributed by atoms with van der Waals surface area (Å²) in [5.74, 6) is -0.00332. The Hall–Kier alpha value is -1.07. The van der Waals surface area contributed by atoms with Crippen molar-refractivity contribution in [2.45, 2.75) is 124 Å². The highest BCUT2D eigenvalue weighted by atomic mass is 19.4. The predicted molar refractivity (Wildman–Crippen MR) is 132 cm³/mol. The SMILES string of the molecule is CC(=O)OC1CC[C@]23C[C@]24CCC2(C)[C@@H]([C@H](C)CCC(=O)C(F)(F)F)CC[C@@]2(C)C4CC[C@H]3C1(C)C. The third-order valence-corrected chi connectivity index (χ3v) is 13.3. The number of Topliss-reactive ketones (excluding diaryl/α,β-unsaturated/α-hetero) is 1. The van der Waals surface area contributed by atoms with E-state index in [1.165, 1.54) is 32.6 Å². The molecule has 5 rings (SSSR count). The molecule has 0 N–H and O–H groups in total. The molecule has 0 heterocycles. The van der Waals surface area contributed by atoms with Crippen molar-refractivity contribution in [2.75, 3.05) is 0 Å². The maximum Gasteiger partial charge on any atom is 0.449 e. The first-order valence-corrected chi connectivity index (χ1v) is 14.3. The van der Waals surface area contributed by atoms with Crippen molar-refractivity contribution in [1.29, 1.82) is 0 Å². The number of ketones is 1. The fourth-order valence-corrected chi connectivity index (χ4v) is 11.4. The third kappa shape index (κ3) is 3.36. The number of ether oxygens (including phenoxy) is 1. The minimum absolute atomic E-state index is 0.000359. The van der Waals surface area contributed by atoms with Gasteiger partial charge < -0.3 is 4.74 Å². The van der Waals surface area contributed by atoms with Gasteiger partial charge in [-0.15, -0.1) is 0 Å². The summed E-state index contributed by atoms with van der Waals surface area (Å²) in [6, 6.07) is 0. The van der Waals surface area contributed by atoms with E-state index in [9.17, 15) is 22.8 Å². The predicted octanol–water partition coefficient (Wildman–Crippen LogP) is 7.90. The summed E-state index contributed by atoms with van der Waals surface area (Å²) in [7, 11) is 0. The molecule has 0 aromatic heterocycles. The van der Waals surface area contributed by atoms with Crippen LogP contribution in [-0.4, -0.2) is 24.0 Å². The Kier molecular flexibility index (Phi) is 5.88.